The first-order chi connectivity index (χ1) is 10.1. The fourth-order valence-electron chi connectivity index (χ4n) is 2.67. The van der Waals surface area contributed by atoms with Crippen molar-refractivity contribution in [2.45, 2.75) is 25.8 Å². The average Bonchev–Trinajstić information content (AvgIpc) is 3.22. The minimum Gasteiger partial charge on any atom is -0.321 e. The van der Waals surface area contributed by atoms with Crippen molar-refractivity contribution in [1.29, 1.82) is 0 Å². The zero-order chi connectivity index (χ0) is 14.6. The lowest BCUT2D eigenvalue weighted by molar-refractivity contribution is 0.629. The molecule has 0 saturated heterocycles. The van der Waals surface area contributed by atoms with Gasteiger partial charge in [0.05, 0.1) is 16.1 Å². The van der Waals surface area contributed by atoms with Gasteiger partial charge in [0.25, 0.3) is 0 Å². The largest absolute Gasteiger partial charge is 0.321 e. The molecule has 3 nitrogen and oxygen atoms in total. The molecule has 2 aromatic heterocycles. The van der Waals surface area contributed by atoms with Crippen LogP contribution in [-0.2, 0) is 0 Å². The summed E-state index contributed by atoms with van der Waals surface area (Å²) in [5.41, 5.74) is 3.56. The van der Waals surface area contributed by atoms with Crippen LogP contribution in [0.1, 0.15) is 24.4 Å². The molecule has 0 aliphatic heterocycles. The molecule has 0 spiro atoms. The second-order valence-corrected chi connectivity index (χ2v) is 5.95. The minimum absolute atomic E-state index is 0.137. The van der Waals surface area contributed by atoms with E-state index in [0.717, 1.165) is 35.3 Å². The summed E-state index contributed by atoms with van der Waals surface area (Å²) in [7, 11) is 0. The van der Waals surface area contributed by atoms with Gasteiger partial charge < -0.3 is 4.57 Å². The number of halogens is 2. The van der Waals surface area contributed by atoms with E-state index in [4.69, 9.17) is 11.6 Å². The number of hydrogen-bond donors (Lipinski definition) is 0. The number of pyridine rings is 1. The molecule has 1 aliphatic carbocycles. The Morgan fingerprint density at radius 3 is 2.76 bits per heavy atom. The number of aromatic nitrogens is 3. The Balaban J connectivity index is 2.02. The monoisotopic (exact) mass is 301 g/mol. The van der Waals surface area contributed by atoms with Crippen LogP contribution < -0.4 is 0 Å². The zero-order valence-corrected chi connectivity index (χ0v) is 12.2. The van der Waals surface area contributed by atoms with Crippen molar-refractivity contribution in [3.8, 4) is 11.4 Å². The van der Waals surface area contributed by atoms with Crippen molar-refractivity contribution in [1.82, 2.24) is 14.5 Å². The lowest BCUT2D eigenvalue weighted by Gasteiger charge is -2.08. The summed E-state index contributed by atoms with van der Waals surface area (Å²) < 4.78 is 15.8. The SMILES string of the molecule is Cc1cncc(-c2nc3cc(F)c(Cl)cc3n2C2CC2)c1. The lowest BCUT2D eigenvalue weighted by Crippen LogP contribution is -1.98. The van der Waals surface area contributed by atoms with E-state index in [0.29, 0.717) is 11.6 Å². The molecule has 106 valence electrons. The summed E-state index contributed by atoms with van der Waals surface area (Å²) in [4.78, 5) is 8.84. The van der Waals surface area contributed by atoms with Crippen molar-refractivity contribution in [3.05, 3.63) is 47.0 Å². The van der Waals surface area contributed by atoms with E-state index < -0.39 is 5.82 Å². The first kappa shape index (κ1) is 12.8. The molecule has 1 saturated carbocycles. The molecule has 0 atom stereocenters. The van der Waals surface area contributed by atoms with Crippen LogP contribution in [-0.4, -0.2) is 14.5 Å². The normalized spacial score (nSPS) is 14.8. The molecule has 0 unspecified atom stereocenters. The van der Waals surface area contributed by atoms with Gasteiger partial charge in [-0.3, -0.25) is 4.98 Å². The molecule has 2 heterocycles. The van der Waals surface area contributed by atoms with Crippen molar-refractivity contribution in [2.24, 2.45) is 0 Å². The van der Waals surface area contributed by atoms with Crippen LogP contribution in [0.4, 0.5) is 4.39 Å². The summed E-state index contributed by atoms with van der Waals surface area (Å²) in [6, 6.07) is 5.55. The number of benzene rings is 1. The van der Waals surface area contributed by atoms with Gasteiger partial charge in [0.15, 0.2) is 0 Å². The molecule has 0 N–H and O–H groups in total. The van der Waals surface area contributed by atoms with E-state index >= 15 is 0 Å². The number of nitrogens with zero attached hydrogens (tertiary/aromatic N) is 3. The van der Waals surface area contributed by atoms with Gasteiger partial charge >= 0.3 is 0 Å². The summed E-state index contributed by atoms with van der Waals surface area (Å²) >= 11 is 5.94. The predicted octanol–water partition coefficient (Wildman–Crippen LogP) is 4.53. The Morgan fingerprint density at radius 2 is 2.05 bits per heavy atom. The number of rotatable bonds is 2. The summed E-state index contributed by atoms with van der Waals surface area (Å²) in [6.07, 6.45) is 5.84. The molecular weight excluding hydrogens is 289 g/mol. The Kier molecular flexibility index (Phi) is 2.76. The fourth-order valence-corrected chi connectivity index (χ4v) is 2.83. The second kappa shape index (κ2) is 4.53. The minimum atomic E-state index is -0.432. The summed E-state index contributed by atoms with van der Waals surface area (Å²) in [5.74, 6) is 0.406. The van der Waals surface area contributed by atoms with Crippen molar-refractivity contribution in [3.63, 3.8) is 0 Å². The number of aryl methyl sites for hydroxylation is 1. The highest BCUT2D eigenvalue weighted by Gasteiger charge is 2.29. The zero-order valence-electron chi connectivity index (χ0n) is 11.5. The molecule has 1 aromatic carbocycles. The maximum absolute atomic E-state index is 13.7. The number of hydrogen-bond acceptors (Lipinski definition) is 2. The Morgan fingerprint density at radius 1 is 1.24 bits per heavy atom. The summed E-state index contributed by atoms with van der Waals surface area (Å²) in [5, 5.41) is 0.137. The summed E-state index contributed by atoms with van der Waals surface area (Å²) in [6.45, 7) is 2.00. The van der Waals surface area contributed by atoms with Gasteiger partial charge in [-0.15, -0.1) is 0 Å². The highest BCUT2D eigenvalue weighted by Crippen LogP contribution is 2.41. The molecule has 1 aliphatic rings. The van der Waals surface area contributed by atoms with E-state index in [1.165, 1.54) is 6.07 Å². The Bertz CT molecular complexity index is 852. The second-order valence-electron chi connectivity index (χ2n) is 5.54. The van der Waals surface area contributed by atoms with Gasteiger partial charge in [-0.05, 0) is 37.5 Å². The smallest absolute Gasteiger partial charge is 0.144 e. The lowest BCUT2D eigenvalue weighted by atomic mass is 10.2. The molecular formula is C16H13ClFN3. The van der Waals surface area contributed by atoms with E-state index in [-0.39, 0.29) is 5.02 Å². The van der Waals surface area contributed by atoms with E-state index in [2.05, 4.69) is 14.5 Å². The van der Waals surface area contributed by atoms with E-state index in [9.17, 15) is 4.39 Å². The quantitative estimate of drug-likeness (QED) is 0.696. The van der Waals surface area contributed by atoms with Crippen molar-refractivity contribution >= 4 is 22.6 Å². The van der Waals surface area contributed by atoms with Gasteiger partial charge in [0.2, 0.25) is 0 Å². The van der Waals surface area contributed by atoms with Crippen LogP contribution in [0.25, 0.3) is 22.4 Å². The molecule has 0 amide bonds. The Hall–Kier alpha value is -1.94. The van der Waals surface area contributed by atoms with Gasteiger partial charge in [0, 0.05) is 30.1 Å². The fraction of sp³-hybridized carbons (Fsp3) is 0.250. The average molecular weight is 302 g/mol. The van der Waals surface area contributed by atoms with Crippen molar-refractivity contribution < 1.29 is 4.39 Å². The van der Waals surface area contributed by atoms with Crippen molar-refractivity contribution in [2.75, 3.05) is 0 Å². The highest BCUT2D eigenvalue weighted by molar-refractivity contribution is 6.31. The van der Waals surface area contributed by atoms with Crippen LogP contribution >= 0.6 is 11.6 Å². The maximum Gasteiger partial charge on any atom is 0.144 e. The molecule has 1 fully saturated rings. The van der Waals surface area contributed by atoms with Gasteiger partial charge in [-0.25, -0.2) is 9.37 Å². The third-order valence-electron chi connectivity index (χ3n) is 3.78. The van der Waals surface area contributed by atoms with Gasteiger partial charge in [0.1, 0.15) is 11.6 Å². The first-order valence-electron chi connectivity index (χ1n) is 6.92. The molecule has 4 rings (SSSR count). The molecule has 21 heavy (non-hydrogen) atoms. The van der Waals surface area contributed by atoms with Crippen LogP contribution in [0.3, 0.4) is 0 Å². The predicted molar refractivity (Wildman–Crippen MR) is 80.9 cm³/mol. The molecule has 3 aromatic rings. The maximum atomic E-state index is 13.7. The molecule has 5 heteroatoms. The molecule has 0 bridgehead atoms. The number of fused-ring (bicyclic) bond motifs is 1. The standard InChI is InChI=1S/C16H13ClFN3/c1-9-4-10(8-19-7-9)16-20-14-6-13(18)12(17)5-15(14)21(16)11-2-3-11/h4-8,11H,2-3H2,1H3. The third-order valence-corrected chi connectivity index (χ3v) is 4.07. The number of imidazole rings is 1. The van der Waals surface area contributed by atoms with Crippen LogP contribution in [0.2, 0.25) is 5.02 Å². The third kappa shape index (κ3) is 2.10. The molecule has 0 radical (unpaired) electrons. The van der Waals surface area contributed by atoms with Gasteiger partial charge in [-0.1, -0.05) is 11.6 Å². The Labute approximate surface area is 126 Å². The van der Waals surface area contributed by atoms with E-state index in [1.54, 1.807) is 12.3 Å². The first-order valence-corrected chi connectivity index (χ1v) is 7.30. The van der Waals surface area contributed by atoms with E-state index in [1.807, 2.05) is 19.2 Å². The highest BCUT2D eigenvalue weighted by atomic mass is 35.5. The van der Waals surface area contributed by atoms with Crippen LogP contribution in [0.5, 0.6) is 0 Å². The topological polar surface area (TPSA) is 30.7 Å². The van der Waals surface area contributed by atoms with Crippen LogP contribution in [0.15, 0.2) is 30.6 Å². The van der Waals surface area contributed by atoms with Crippen LogP contribution in [0, 0.1) is 12.7 Å². The van der Waals surface area contributed by atoms with Gasteiger partial charge in [-0.2, -0.15) is 0 Å².